The zero-order valence-corrected chi connectivity index (χ0v) is 20.2. The Balaban J connectivity index is 1.66. The van der Waals surface area contributed by atoms with E-state index in [1.165, 1.54) is 10.5 Å². The Labute approximate surface area is 197 Å². The first-order chi connectivity index (χ1) is 15.5. The Morgan fingerprint density at radius 2 is 1.88 bits per heavy atom. The van der Waals surface area contributed by atoms with Gasteiger partial charge >= 0.3 is 0 Å². The number of rotatable bonds is 8. The molecule has 0 aliphatic rings. The fraction of sp³-hybridized carbons (Fsp3) is 0.269. The predicted molar refractivity (Wildman–Crippen MR) is 136 cm³/mol. The number of benzene rings is 2. The molecule has 2 heterocycles. The molecule has 0 bridgehead atoms. The number of pyridine rings is 1. The van der Waals surface area contributed by atoms with E-state index in [1.54, 1.807) is 34.2 Å². The van der Waals surface area contributed by atoms with Crippen LogP contribution in [0.3, 0.4) is 0 Å². The van der Waals surface area contributed by atoms with Gasteiger partial charge in [0.1, 0.15) is 0 Å². The van der Waals surface area contributed by atoms with Crippen LogP contribution in [-0.2, 0) is 17.8 Å². The molecular formula is C26H27N3OS2. The Kier molecular flexibility index (Phi) is 7.22. The SMILES string of the molecule is CCSc1ccc(CC(=O)N(Cc2ccccn2)c2nc3c(C(C)C)cccc3s2)cc1. The van der Waals surface area contributed by atoms with E-state index in [4.69, 9.17) is 4.98 Å². The summed E-state index contributed by atoms with van der Waals surface area (Å²) < 4.78 is 1.10. The summed E-state index contributed by atoms with van der Waals surface area (Å²) in [6, 6.07) is 20.3. The number of thioether (sulfide) groups is 1. The van der Waals surface area contributed by atoms with Crippen LogP contribution in [0.25, 0.3) is 10.2 Å². The van der Waals surface area contributed by atoms with Crippen molar-refractivity contribution < 1.29 is 4.79 Å². The first-order valence-corrected chi connectivity index (χ1v) is 12.7. The van der Waals surface area contributed by atoms with Gasteiger partial charge in [-0.05, 0) is 53.1 Å². The summed E-state index contributed by atoms with van der Waals surface area (Å²) in [6.07, 6.45) is 2.09. The lowest BCUT2D eigenvalue weighted by molar-refractivity contribution is -0.118. The number of carbonyl (C=O) groups is 1. The third-order valence-corrected chi connectivity index (χ3v) is 7.17. The first kappa shape index (κ1) is 22.5. The van der Waals surface area contributed by atoms with Gasteiger partial charge in [-0.1, -0.05) is 62.4 Å². The number of anilines is 1. The fourth-order valence-corrected chi connectivity index (χ4v) is 5.27. The number of aromatic nitrogens is 2. The summed E-state index contributed by atoms with van der Waals surface area (Å²) in [4.78, 5) is 25.9. The van der Waals surface area contributed by atoms with Crippen LogP contribution >= 0.6 is 23.1 Å². The summed E-state index contributed by atoms with van der Waals surface area (Å²) in [6.45, 7) is 6.89. The Morgan fingerprint density at radius 1 is 1.06 bits per heavy atom. The highest BCUT2D eigenvalue weighted by atomic mass is 32.2. The molecule has 0 radical (unpaired) electrons. The van der Waals surface area contributed by atoms with Crippen LogP contribution in [0, 0.1) is 0 Å². The van der Waals surface area contributed by atoms with Crippen LogP contribution in [-0.4, -0.2) is 21.6 Å². The van der Waals surface area contributed by atoms with Crippen molar-refractivity contribution in [3.8, 4) is 0 Å². The van der Waals surface area contributed by atoms with E-state index in [-0.39, 0.29) is 5.91 Å². The van der Waals surface area contributed by atoms with Gasteiger partial charge in [-0.15, -0.1) is 11.8 Å². The number of thiazole rings is 1. The van der Waals surface area contributed by atoms with Crippen molar-refractivity contribution in [3.63, 3.8) is 0 Å². The van der Waals surface area contributed by atoms with E-state index in [0.29, 0.717) is 18.9 Å². The highest BCUT2D eigenvalue weighted by Gasteiger charge is 2.22. The molecule has 0 atom stereocenters. The van der Waals surface area contributed by atoms with E-state index >= 15 is 0 Å². The number of carbonyl (C=O) groups excluding carboxylic acids is 1. The minimum Gasteiger partial charge on any atom is -0.282 e. The van der Waals surface area contributed by atoms with E-state index in [2.05, 4.69) is 56.1 Å². The molecule has 4 aromatic rings. The largest absolute Gasteiger partial charge is 0.282 e. The van der Waals surface area contributed by atoms with Crippen molar-refractivity contribution in [1.82, 2.24) is 9.97 Å². The topological polar surface area (TPSA) is 46.1 Å². The molecule has 0 saturated heterocycles. The molecule has 4 rings (SSSR count). The Morgan fingerprint density at radius 3 is 2.56 bits per heavy atom. The zero-order chi connectivity index (χ0) is 22.5. The van der Waals surface area contributed by atoms with Gasteiger partial charge in [-0.3, -0.25) is 14.7 Å². The third-order valence-electron chi connectivity index (χ3n) is 5.23. The van der Waals surface area contributed by atoms with E-state index in [1.807, 2.05) is 30.3 Å². The second kappa shape index (κ2) is 10.3. The van der Waals surface area contributed by atoms with Gasteiger partial charge in [0.25, 0.3) is 0 Å². The minimum atomic E-state index is 0.0247. The number of nitrogens with zero attached hydrogens (tertiary/aromatic N) is 3. The zero-order valence-electron chi connectivity index (χ0n) is 18.6. The van der Waals surface area contributed by atoms with E-state index in [0.717, 1.165) is 32.4 Å². The molecule has 0 aliphatic heterocycles. The van der Waals surface area contributed by atoms with E-state index in [9.17, 15) is 4.79 Å². The third kappa shape index (κ3) is 5.19. The van der Waals surface area contributed by atoms with Crippen molar-refractivity contribution in [1.29, 1.82) is 0 Å². The first-order valence-electron chi connectivity index (χ1n) is 10.9. The molecule has 0 saturated carbocycles. The lowest BCUT2D eigenvalue weighted by atomic mass is 10.0. The average Bonchev–Trinajstić information content (AvgIpc) is 3.23. The van der Waals surface area contributed by atoms with Crippen LogP contribution in [0.2, 0.25) is 0 Å². The lowest BCUT2D eigenvalue weighted by Gasteiger charge is -2.19. The number of amides is 1. The smallest absolute Gasteiger partial charge is 0.233 e. The standard InChI is InChI=1S/C26H27N3OS2/c1-4-31-21-13-11-19(12-14-21)16-24(30)29(17-20-8-5-6-15-27-20)26-28-25-22(18(2)3)9-7-10-23(25)32-26/h5-15,18H,4,16-17H2,1-3H3. The molecule has 4 nitrogen and oxygen atoms in total. The van der Waals surface area contributed by atoms with Crippen molar-refractivity contribution in [2.75, 3.05) is 10.7 Å². The highest BCUT2D eigenvalue weighted by molar-refractivity contribution is 7.99. The molecular weight excluding hydrogens is 434 g/mol. The van der Waals surface area contributed by atoms with Gasteiger partial charge in [-0.25, -0.2) is 4.98 Å². The average molecular weight is 462 g/mol. The van der Waals surface area contributed by atoms with Crippen LogP contribution in [0.5, 0.6) is 0 Å². The van der Waals surface area contributed by atoms with Gasteiger partial charge in [0, 0.05) is 11.1 Å². The Hall–Kier alpha value is -2.70. The van der Waals surface area contributed by atoms with Crippen molar-refractivity contribution in [3.05, 3.63) is 83.7 Å². The summed E-state index contributed by atoms with van der Waals surface area (Å²) in [7, 11) is 0. The summed E-state index contributed by atoms with van der Waals surface area (Å²) in [5.41, 5.74) is 4.05. The molecule has 0 aliphatic carbocycles. The molecule has 32 heavy (non-hydrogen) atoms. The van der Waals surface area contributed by atoms with Crippen molar-refractivity contribution >= 4 is 44.4 Å². The molecule has 6 heteroatoms. The molecule has 0 unspecified atom stereocenters. The number of fused-ring (bicyclic) bond motifs is 1. The van der Waals surface area contributed by atoms with Crippen LogP contribution in [0.15, 0.2) is 71.8 Å². The van der Waals surface area contributed by atoms with Crippen LogP contribution < -0.4 is 4.90 Å². The number of para-hydroxylation sites is 1. The highest BCUT2D eigenvalue weighted by Crippen LogP contribution is 2.34. The van der Waals surface area contributed by atoms with Crippen LogP contribution in [0.4, 0.5) is 5.13 Å². The van der Waals surface area contributed by atoms with Gasteiger partial charge in [0.15, 0.2) is 5.13 Å². The summed E-state index contributed by atoms with van der Waals surface area (Å²) in [5.74, 6) is 1.43. The Bertz CT molecular complexity index is 1190. The molecule has 2 aromatic heterocycles. The molecule has 2 aromatic carbocycles. The normalized spacial score (nSPS) is 11.2. The predicted octanol–water partition coefficient (Wildman–Crippen LogP) is 6.70. The maximum absolute atomic E-state index is 13.5. The van der Waals surface area contributed by atoms with Crippen molar-refractivity contribution in [2.24, 2.45) is 0 Å². The maximum atomic E-state index is 13.5. The lowest BCUT2D eigenvalue weighted by Crippen LogP contribution is -2.32. The van der Waals surface area contributed by atoms with Gasteiger partial charge in [-0.2, -0.15) is 0 Å². The van der Waals surface area contributed by atoms with E-state index < -0.39 is 0 Å². The fourth-order valence-electron chi connectivity index (χ4n) is 3.60. The van der Waals surface area contributed by atoms with Gasteiger partial charge in [0.05, 0.1) is 28.9 Å². The minimum absolute atomic E-state index is 0.0247. The number of hydrogen-bond acceptors (Lipinski definition) is 5. The molecule has 0 fully saturated rings. The molecule has 0 spiro atoms. The maximum Gasteiger partial charge on any atom is 0.233 e. The van der Waals surface area contributed by atoms with Crippen LogP contribution in [0.1, 0.15) is 43.5 Å². The monoisotopic (exact) mass is 461 g/mol. The quantitative estimate of drug-likeness (QED) is 0.274. The molecule has 0 N–H and O–H groups in total. The molecule has 164 valence electrons. The summed E-state index contributed by atoms with van der Waals surface area (Å²) in [5, 5.41) is 0.724. The second-order valence-corrected chi connectivity index (χ2v) is 10.2. The van der Waals surface area contributed by atoms with Gasteiger partial charge < -0.3 is 0 Å². The molecule has 1 amide bonds. The van der Waals surface area contributed by atoms with Crippen molar-refractivity contribution in [2.45, 2.75) is 44.6 Å². The van der Waals surface area contributed by atoms with Gasteiger partial charge in [0.2, 0.25) is 5.91 Å². The second-order valence-electron chi connectivity index (χ2n) is 7.90. The summed E-state index contributed by atoms with van der Waals surface area (Å²) >= 11 is 3.37. The number of hydrogen-bond donors (Lipinski definition) is 0.